The van der Waals surface area contributed by atoms with E-state index < -0.39 is 26.6 Å². The highest BCUT2D eigenvalue weighted by Crippen LogP contribution is 2.38. The van der Waals surface area contributed by atoms with Crippen LogP contribution in [0, 0.1) is 0 Å². The van der Waals surface area contributed by atoms with Crippen molar-refractivity contribution in [3.8, 4) is 0 Å². The number of carbonyl (C=O) groups is 1. The monoisotopic (exact) mass is 1120 g/mol. The van der Waals surface area contributed by atoms with Crippen LogP contribution in [0.25, 0.3) is 0 Å². The maximum absolute atomic E-state index is 13.0. The number of allylic oxidation sites excluding steroid dienone is 13. The van der Waals surface area contributed by atoms with Crippen LogP contribution >= 0.6 is 7.82 Å². The molecule has 0 radical (unpaired) electrons. The van der Waals surface area contributed by atoms with E-state index in [1.807, 2.05) is 27.2 Å². The van der Waals surface area contributed by atoms with Gasteiger partial charge in [-0.3, -0.25) is 9.36 Å². The van der Waals surface area contributed by atoms with Crippen LogP contribution in [0.2, 0.25) is 0 Å². The zero-order chi connectivity index (χ0) is 57.7. The van der Waals surface area contributed by atoms with Gasteiger partial charge in [-0.2, -0.15) is 0 Å². The molecule has 3 unspecified atom stereocenters. The van der Waals surface area contributed by atoms with Gasteiger partial charge in [0.1, 0.15) is 13.2 Å². The molecule has 0 saturated heterocycles. The number of nitrogens with one attached hydrogen (secondary N) is 1. The van der Waals surface area contributed by atoms with E-state index in [0.29, 0.717) is 17.4 Å². The van der Waals surface area contributed by atoms with Crippen LogP contribution in [-0.4, -0.2) is 68.5 Å². The Hall–Kier alpha value is -2.32. The number of unbranched alkanes of at least 4 members (excludes halogenated alkanes) is 36. The number of hydrogen-bond acceptors (Lipinski definition) is 6. The second kappa shape index (κ2) is 60.3. The third-order valence-electron chi connectivity index (χ3n) is 14.9. The largest absolute Gasteiger partial charge is 0.756 e. The Kier molecular flexibility index (Phi) is 58.5. The average Bonchev–Trinajstić information content (AvgIpc) is 3.42. The number of phosphoric acid groups is 1. The summed E-state index contributed by atoms with van der Waals surface area (Å²) >= 11 is 0. The van der Waals surface area contributed by atoms with Gasteiger partial charge >= 0.3 is 0 Å². The lowest BCUT2D eigenvalue weighted by Crippen LogP contribution is -2.45. The summed E-state index contributed by atoms with van der Waals surface area (Å²) in [7, 11) is 1.25. The van der Waals surface area contributed by atoms with E-state index in [0.717, 1.165) is 96.3 Å². The third-order valence-corrected chi connectivity index (χ3v) is 15.8. The number of aliphatic hydroxyl groups is 1. The van der Waals surface area contributed by atoms with E-state index in [1.165, 1.54) is 186 Å². The number of quaternary nitrogens is 1. The van der Waals surface area contributed by atoms with Gasteiger partial charge in [-0.25, -0.2) is 0 Å². The van der Waals surface area contributed by atoms with E-state index in [-0.39, 0.29) is 12.5 Å². The molecule has 0 aliphatic heterocycles. The number of aliphatic hydroxyl groups excluding tert-OH is 1. The molecule has 0 aliphatic rings. The molecule has 1 amide bonds. The van der Waals surface area contributed by atoms with Crippen molar-refractivity contribution >= 4 is 13.7 Å². The van der Waals surface area contributed by atoms with Crippen molar-refractivity contribution in [2.24, 2.45) is 0 Å². The van der Waals surface area contributed by atoms with Gasteiger partial charge in [0.15, 0.2) is 0 Å². The molecule has 0 saturated carbocycles. The number of amides is 1. The second-order valence-electron chi connectivity index (χ2n) is 23.8. The summed E-state index contributed by atoms with van der Waals surface area (Å²) in [5.41, 5.74) is 0. The fraction of sp³-hybridized carbons (Fsp3) is 0.786. The summed E-state index contributed by atoms with van der Waals surface area (Å²) in [5, 5.41) is 13.9. The molecule has 2 N–H and O–H groups in total. The number of nitrogens with zero attached hydrogens (tertiary/aromatic N) is 1. The predicted molar refractivity (Wildman–Crippen MR) is 343 cm³/mol. The molecule has 0 aliphatic carbocycles. The van der Waals surface area contributed by atoms with E-state index >= 15 is 0 Å². The molecule has 0 aromatic heterocycles. The van der Waals surface area contributed by atoms with Crippen molar-refractivity contribution in [2.45, 2.75) is 315 Å². The first kappa shape index (κ1) is 76.7. The maximum atomic E-state index is 13.0. The Labute approximate surface area is 490 Å². The van der Waals surface area contributed by atoms with Crippen LogP contribution in [0.4, 0.5) is 0 Å². The summed E-state index contributed by atoms with van der Waals surface area (Å²) in [6, 6.07) is -0.902. The molecule has 9 heteroatoms. The highest BCUT2D eigenvalue weighted by Gasteiger charge is 2.23. The van der Waals surface area contributed by atoms with E-state index in [2.05, 4.69) is 92.1 Å². The molecule has 0 aromatic rings. The van der Waals surface area contributed by atoms with Gasteiger partial charge in [0, 0.05) is 6.42 Å². The highest BCUT2D eigenvalue weighted by molar-refractivity contribution is 7.45. The Balaban J connectivity index is 4.14. The average molecular weight is 1130 g/mol. The van der Waals surface area contributed by atoms with Crippen molar-refractivity contribution < 1.29 is 32.9 Å². The summed E-state index contributed by atoms with van der Waals surface area (Å²) < 4.78 is 23.4. The Bertz CT molecular complexity index is 1560. The summed E-state index contributed by atoms with van der Waals surface area (Å²) in [6.45, 7) is 4.55. The highest BCUT2D eigenvalue weighted by atomic mass is 31.2. The Morgan fingerprint density at radius 3 is 1.13 bits per heavy atom. The van der Waals surface area contributed by atoms with E-state index in [1.54, 1.807) is 6.08 Å². The Morgan fingerprint density at radius 2 is 0.772 bits per heavy atom. The fourth-order valence-electron chi connectivity index (χ4n) is 9.69. The quantitative estimate of drug-likeness (QED) is 0.0272. The van der Waals surface area contributed by atoms with Crippen LogP contribution in [0.3, 0.4) is 0 Å². The predicted octanol–water partition coefficient (Wildman–Crippen LogP) is 20.5. The zero-order valence-electron chi connectivity index (χ0n) is 52.6. The molecule has 0 fully saturated rings. The van der Waals surface area contributed by atoms with Crippen LogP contribution < -0.4 is 10.2 Å². The van der Waals surface area contributed by atoms with Gasteiger partial charge < -0.3 is 28.8 Å². The normalized spacial score (nSPS) is 14.3. The molecule has 0 rings (SSSR count). The van der Waals surface area contributed by atoms with Crippen molar-refractivity contribution in [1.82, 2.24) is 5.32 Å². The first-order valence-electron chi connectivity index (χ1n) is 33.4. The topological polar surface area (TPSA) is 108 Å². The maximum Gasteiger partial charge on any atom is 0.268 e. The van der Waals surface area contributed by atoms with E-state index in [4.69, 9.17) is 9.05 Å². The molecule has 460 valence electrons. The first-order chi connectivity index (χ1) is 38.5. The number of rotatable bonds is 61. The Morgan fingerprint density at radius 1 is 0.456 bits per heavy atom. The minimum absolute atomic E-state index is 0.00797. The summed E-state index contributed by atoms with van der Waals surface area (Å²) in [5.74, 6) is -0.212. The molecular formula is C70H129N2O6P. The van der Waals surface area contributed by atoms with Gasteiger partial charge in [-0.15, -0.1) is 0 Å². The number of phosphoric ester groups is 1. The van der Waals surface area contributed by atoms with Gasteiger partial charge in [0.25, 0.3) is 7.82 Å². The van der Waals surface area contributed by atoms with Crippen molar-refractivity contribution in [1.29, 1.82) is 0 Å². The van der Waals surface area contributed by atoms with Crippen LogP contribution in [0.5, 0.6) is 0 Å². The van der Waals surface area contributed by atoms with Crippen LogP contribution in [-0.2, 0) is 18.4 Å². The lowest BCUT2D eigenvalue weighted by Gasteiger charge is -2.29. The standard InChI is InChI=1S/C70H129N2O6P/c1-6-8-10-12-14-16-18-20-22-24-26-28-30-32-33-34-35-36-37-38-40-41-43-45-47-49-51-53-55-57-59-61-63-69(73)68(67-78-79(75,76)77-66-65-72(3,4)5)71-70(74)64-62-60-58-56-54-52-50-48-46-44-42-39-31-29-27-25-23-21-19-17-15-13-11-9-7-2/h9,11,15,17,21,23,27,29,39,42,46,48,61,63,68-69,73H,6-8,10,12-14,16,18-20,22,24-26,28,30-38,40-41,43-45,47,49-60,62,64-67H2,1-5H3,(H-,71,74,75,76)/b11-9-,17-15-,23-21-,29-27-,42-39-,48-46-,63-61+. The molecular weight excluding hydrogens is 996 g/mol. The molecule has 0 aromatic carbocycles. The van der Waals surface area contributed by atoms with Gasteiger partial charge in [-0.1, -0.05) is 311 Å². The van der Waals surface area contributed by atoms with E-state index in [9.17, 15) is 19.4 Å². The molecule has 79 heavy (non-hydrogen) atoms. The zero-order valence-corrected chi connectivity index (χ0v) is 53.5. The smallest absolute Gasteiger partial charge is 0.268 e. The molecule has 0 spiro atoms. The molecule has 3 atom stereocenters. The summed E-state index contributed by atoms with van der Waals surface area (Å²) in [6.07, 6.45) is 85.5. The number of hydrogen-bond donors (Lipinski definition) is 2. The molecule has 0 bridgehead atoms. The first-order valence-corrected chi connectivity index (χ1v) is 34.9. The summed E-state index contributed by atoms with van der Waals surface area (Å²) in [4.78, 5) is 25.6. The van der Waals surface area contributed by atoms with Crippen molar-refractivity contribution in [2.75, 3.05) is 40.9 Å². The second-order valence-corrected chi connectivity index (χ2v) is 25.2. The van der Waals surface area contributed by atoms with Gasteiger partial charge in [0.05, 0.1) is 39.9 Å². The fourth-order valence-corrected chi connectivity index (χ4v) is 10.4. The van der Waals surface area contributed by atoms with Crippen molar-refractivity contribution in [3.63, 3.8) is 0 Å². The lowest BCUT2D eigenvalue weighted by molar-refractivity contribution is -0.870. The minimum atomic E-state index is -4.61. The minimum Gasteiger partial charge on any atom is -0.756 e. The number of likely N-dealkylation sites (N-methyl/N-ethyl adjacent to an activating group) is 1. The van der Waals surface area contributed by atoms with Gasteiger partial charge in [-0.05, 0) is 70.6 Å². The molecule has 0 heterocycles. The van der Waals surface area contributed by atoms with Crippen LogP contribution in [0.15, 0.2) is 85.1 Å². The lowest BCUT2D eigenvalue weighted by atomic mass is 10.0. The van der Waals surface area contributed by atoms with Gasteiger partial charge in [0.2, 0.25) is 5.91 Å². The van der Waals surface area contributed by atoms with Crippen LogP contribution in [0.1, 0.15) is 303 Å². The SMILES string of the molecule is CC/C=C\C/C=C\C/C=C\C/C=C\C/C=C\C/C=C\CCCCCCCCC(=O)NC(COP(=O)([O-])OCC[N+](C)(C)C)C(O)/C=C/CCCCCCCCCCCCCCCCCCCCCCCCCCCCCCCC. The molecule has 8 nitrogen and oxygen atoms in total. The number of carbonyl (C=O) groups excluding carboxylic acids is 1. The van der Waals surface area contributed by atoms with Crippen molar-refractivity contribution in [3.05, 3.63) is 85.1 Å². The third kappa shape index (κ3) is 63.1.